The van der Waals surface area contributed by atoms with Gasteiger partial charge in [-0.15, -0.1) is 11.3 Å². The minimum Gasteiger partial charge on any atom is -0.321 e. The number of imidazole rings is 1. The molecule has 0 saturated heterocycles. The number of aryl methyl sites for hydroxylation is 2. The Balaban J connectivity index is 1.77. The zero-order valence-corrected chi connectivity index (χ0v) is 13.5. The second-order valence-electron chi connectivity index (χ2n) is 5.07. The Bertz CT molecular complexity index is 800. The van der Waals surface area contributed by atoms with Crippen molar-refractivity contribution in [3.63, 3.8) is 0 Å². The Hall–Kier alpha value is -2.41. The Labute approximate surface area is 132 Å². The molecule has 1 amide bonds. The maximum Gasteiger partial charge on any atom is 0.244 e. The molecule has 3 aromatic heterocycles. The molecule has 114 valence electrons. The lowest BCUT2D eigenvalue weighted by molar-refractivity contribution is -0.116. The number of carbonyl (C=O) groups is 1. The topological polar surface area (TPSA) is 64.7 Å². The van der Waals surface area contributed by atoms with E-state index in [0.717, 1.165) is 27.8 Å². The van der Waals surface area contributed by atoms with Gasteiger partial charge in [0, 0.05) is 19.4 Å². The summed E-state index contributed by atoms with van der Waals surface area (Å²) in [7, 11) is 1.86. The number of aromatic nitrogens is 4. The first-order valence-corrected chi connectivity index (χ1v) is 7.79. The van der Waals surface area contributed by atoms with E-state index in [2.05, 4.69) is 15.4 Å². The van der Waals surface area contributed by atoms with Gasteiger partial charge < -0.3 is 9.88 Å². The van der Waals surface area contributed by atoms with Gasteiger partial charge in [0.25, 0.3) is 0 Å². The van der Waals surface area contributed by atoms with Crippen LogP contribution in [0.5, 0.6) is 0 Å². The lowest BCUT2D eigenvalue weighted by Gasteiger charge is -2.08. The normalized spacial score (nSPS) is 10.9. The molecule has 0 spiro atoms. The molecule has 1 N–H and O–H groups in total. The Morgan fingerprint density at radius 2 is 2.23 bits per heavy atom. The molecular formula is C15H17N5OS. The standard InChI is InChI=1S/C15H17N5OS/c1-10-14(11(2)19(3)18-10)17-13(21)9-20-7-6-16-15(20)12-5-4-8-22-12/h4-8H,9H2,1-3H3,(H,17,21). The van der Waals surface area contributed by atoms with Gasteiger partial charge in [-0.2, -0.15) is 5.10 Å². The maximum atomic E-state index is 12.3. The molecule has 0 fully saturated rings. The van der Waals surface area contributed by atoms with Crippen molar-refractivity contribution in [2.75, 3.05) is 5.32 Å². The number of anilines is 1. The van der Waals surface area contributed by atoms with Gasteiger partial charge >= 0.3 is 0 Å². The van der Waals surface area contributed by atoms with Crippen molar-refractivity contribution < 1.29 is 4.79 Å². The number of hydrogen-bond donors (Lipinski definition) is 1. The molecule has 22 heavy (non-hydrogen) atoms. The van der Waals surface area contributed by atoms with Crippen LogP contribution in [0.4, 0.5) is 5.69 Å². The van der Waals surface area contributed by atoms with Crippen molar-refractivity contribution in [3.8, 4) is 10.7 Å². The molecule has 0 saturated carbocycles. The van der Waals surface area contributed by atoms with E-state index in [9.17, 15) is 4.79 Å². The second-order valence-corrected chi connectivity index (χ2v) is 6.02. The molecule has 0 aliphatic carbocycles. The molecule has 0 radical (unpaired) electrons. The molecule has 0 bridgehead atoms. The van der Waals surface area contributed by atoms with Crippen LogP contribution < -0.4 is 5.32 Å². The zero-order valence-electron chi connectivity index (χ0n) is 12.7. The third-order valence-corrected chi connectivity index (χ3v) is 4.41. The minimum atomic E-state index is -0.0880. The predicted octanol–water partition coefficient (Wildman–Crippen LogP) is 2.60. The van der Waals surface area contributed by atoms with Crippen LogP contribution in [0, 0.1) is 13.8 Å². The molecule has 0 aliphatic rings. The fourth-order valence-electron chi connectivity index (χ4n) is 2.36. The molecule has 0 aromatic carbocycles. The fourth-order valence-corrected chi connectivity index (χ4v) is 3.09. The van der Waals surface area contributed by atoms with Gasteiger partial charge in [0.05, 0.1) is 22.0 Å². The lowest BCUT2D eigenvalue weighted by Crippen LogP contribution is -2.19. The van der Waals surface area contributed by atoms with Crippen molar-refractivity contribution in [2.45, 2.75) is 20.4 Å². The number of nitrogens with zero attached hydrogens (tertiary/aromatic N) is 4. The minimum absolute atomic E-state index is 0.0880. The Kier molecular flexibility index (Phi) is 3.81. The Morgan fingerprint density at radius 3 is 2.86 bits per heavy atom. The van der Waals surface area contributed by atoms with Gasteiger partial charge in [-0.05, 0) is 25.3 Å². The zero-order chi connectivity index (χ0) is 15.7. The van der Waals surface area contributed by atoms with Crippen LogP contribution in [0.15, 0.2) is 29.9 Å². The SMILES string of the molecule is Cc1nn(C)c(C)c1NC(=O)Cn1ccnc1-c1cccs1. The number of thiophene rings is 1. The van der Waals surface area contributed by atoms with Crippen LogP contribution in [-0.4, -0.2) is 25.2 Å². The number of carbonyl (C=O) groups excluding carboxylic acids is 1. The van der Waals surface area contributed by atoms with Crippen molar-refractivity contribution in [1.82, 2.24) is 19.3 Å². The molecule has 3 heterocycles. The van der Waals surface area contributed by atoms with E-state index in [1.807, 2.05) is 49.2 Å². The van der Waals surface area contributed by atoms with E-state index in [4.69, 9.17) is 0 Å². The average molecular weight is 315 g/mol. The highest BCUT2D eigenvalue weighted by Crippen LogP contribution is 2.23. The number of amides is 1. The van der Waals surface area contributed by atoms with Crippen LogP contribution in [0.2, 0.25) is 0 Å². The average Bonchev–Trinajstić information content (AvgIpc) is 3.17. The monoisotopic (exact) mass is 315 g/mol. The summed E-state index contributed by atoms with van der Waals surface area (Å²) in [5, 5.41) is 9.24. The largest absolute Gasteiger partial charge is 0.321 e. The smallest absolute Gasteiger partial charge is 0.244 e. The summed E-state index contributed by atoms with van der Waals surface area (Å²) < 4.78 is 3.61. The quantitative estimate of drug-likeness (QED) is 0.805. The van der Waals surface area contributed by atoms with Gasteiger partial charge in [-0.1, -0.05) is 6.07 Å². The summed E-state index contributed by atoms with van der Waals surface area (Å²) >= 11 is 1.61. The number of nitrogens with one attached hydrogen (secondary N) is 1. The summed E-state index contributed by atoms with van der Waals surface area (Å²) in [6.45, 7) is 4.04. The molecule has 3 rings (SSSR count). The van der Waals surface area contributed by atoms with E-state index < -0.39 is 0 Å². The van der Waals surface area contributed by atoms with Gasteiger partial charge in [0.1, 0.15) is 12.4 Å². The van der Waals surface area contributed by atoms with Crippen molar-refractivity contribution in [2.24, 2.45) is 7.05 Å². The fraction of sp³-hybridized carbons (Fsp3) is 0.267. The first-order chi connectivity index (χ1) is 10.6. The first-order valence-electron chi connectivity index (χ1n) is 6.91. The van der Waals surface area contributed by atoms with Crippen LogP contribution in [0.1, 0.15) is 11.4 Å². The third-order valence-electron chi connectivity index (χ3n) is 3.54. The summed E-state index contributed by atoms with van der Waals surface area (Å²) in [6, 6.07) is 3.97. The highest BCUT2D eigenvalue weighted by molar-refractivity contribution is 7.13. The molecule has 6 nitrogen and oxygen atoms in total. The van der Waals surface area contributed by atoms with E-state index in [1.54, 1.807) is 22.2 Å². The van der Waals surface area contributed by atoms with Gasteiger partial charge in [0.15, 0.2) is 0 Å². The summed E-state index contributed by atoms with van der Waals surface area (Å²) in [6.07, 6.45) is 3.53. The second kappa shape index (κ2) is 5.76. The summed E-state index contributed by atoms with van der Waals surface area (Å²) in [5.41, 5.74) is 2.54. The first kappa shape index (κ1) is 14.5. The molecule has 3 aromatic rings. The van der Waals surface area contributed by atoms with Crippen molar-refractivity contribution in [3.05, 3.63) is 41.3 Å². The highest BCUT2D eigenvalue weighted by Gasteiger charge is 2.14. The molecular weight excluding hydrogens is 298 g/mol. The predicted molar refractivity (Wildman–Crippen MR) is 86.9 cm³/mol. The van der Waals surface area contributed by atoms with Crippen LogP contribution >= 0.6 is 11.3 Å². The molecule has 0 aliphatic heterocycles. The molecule has 0 atom stereocenters. The third kappa shape index (κ3) is 2.67. The maximum absolute atomic E-state index is 12.3. The van der Waals surface area contributed by atoms with E-state index in [-0.39, 0.29) is 12.5 Å². The van der Waals surface area contributed by atoms with E-state index in [0.29, 0.717) is 0 Å². The molecule has 0 unspecified atom stereocenters. The summed E-state index contributed by atoms with van der Waals surface area (Å²) in [5.74, 6) is 0.722. The van der Waals surface area contributed by atoms with Crippen molar-refractivity contribution >= 4 is 22.9 Å². The number of hydrogen-bond acceptors (Lipinski definition) is 4. The lowest BCUT2D eigenvalue weighted by atomic mass is 10.3. The van der Waals surface area contributed by atoms with Crippen LogP contribution in [0.3, 0.4) is 0 Å². The van der Waals surface area contributed by atoms with E-state index in [1.165, 1.54) is 0 Å². The van der Waals surface area contributed by atoms with Gasteiger partial charge in [0.2, 0.25) is 5.91 Å². The highest BCUT2D eigenvalue weighted by atomic mass is 32.1. The van der Waals surface area contributed by atoms with E-state index >= 15 is 0 Å². The van der Waals surface area contributed by atoms with Gasteiger partial charge in [-0.3, -0.25) is 9.48 Å². The van der Waals surface area contributed by atoms with Crippen LogP contribution in [0.25, 0.3) is 10.7 Å². The molecule has 7 heteroatoms. The number of rotatable bonds is 4. The summed E-state index contributed by atoms with van der Waals surface area (Å²) in [4.78, 5) is 17.7. The van der Waals surface area contributed by atoms with Crippen molar-refractivity contribution in [1.29, 1.82) is 0 Å². The van der Waals surface area contributed by atoms with Gasteiger partial charge in [-0.25, -0.2) is 4.98 Å². The Morgan fingerprint density at radius 1 is 1.41 bits per heavy atom. The van der Waals surface area contributed by atoms with Crippen LogP contribution in [-0.2, 0) is 18.4 Å².